The van der Waals surface area contributed by atoms with Gasteiger partial charge in [-0.25, -0.2) is 4.98 Å². The van der Waals surface area contributed by atoms with Crippen LogP contribution in [0.3, 0.4) is 0 Å². The molecule has 3 rings (SSSR count). The van der Waals surface area contributed by atoms with Crippen molar-refractivity contribution in [1.82, 2.24) is 20.1 Å². The van der Waals surface area contributed by atoms with E-state index in [0.717, 1.165) is 12.8 Å². The summed E-state index contributed by atoms with van der Waals surface area (Å²) in [4.78, 5) is 42.0. The van der Waals surface area contributed by atoms with E-state index in [1.807, 2.05) is 4.90 Å². The lowest BCUT2D eigenvalue weighted by Crippen LogP contribution is -2.50. The van der Waals surface area contributed by atoms with E-state index in [-0.39, 0.29) is 23.6 Å². The molecule has 2 saturated heterocycles. The standard InChI is InChI=1S/C13H16N6O3/c14-12(22)9-6-15-13(17-16-9)18-5-1-2-8(7-18)19-10(20)3-4-11(19)21/h6,8H,1-5,7H2,(H2,14,22)/t8-/m1/s1. The molecule has 3 heterocycles. The number of imide groups is 1. The van der Waals surface area contributed by atoms with Gasteiger partial charge in [-0.15, -0.1) is 10.2 Å². The zero-order chi connectivity index (χ0) is 15.7. The number of aromatic nitrogens is 3. The third kappa shape index (κ3) is 2.61. The van der Waals surface area contributed by atoms with Crippen LogP contribution in [-0.2, 0) is 9.59 Å². The van der Waals surface area contributed by atoms with E-state index in [1.165, 1.54) is 11.1 Å². The molecule has 0 saturated carbocycles. The van der Waals surface area contributed by atoms with Crippen LogP contribution in [-0.4, -0.2) is 56.9 Å². The Bertz CT molecular complexity index is 601. The van der Waals surface area contributed by atoms with E-state index in [1.54, 1.807) is 0 Å². The molecule has 0 spiro atoms. The number of hydrogen-bond donors (Lipinski definition) is 1. The molecule has 0 radical (unpaired) electrons. The van der Waals surface area contributed by atoms with Gasteiger partial charge in [0.05, 0.1) is 12.2 Å². The molecule has 2 aliphatic rings. The molecule has 0 bridgehead atoms. The Balaban J connectivity index is 1.74. The first kappa shape index (κ1) is 14.4. The van der Waals surface area contributed by atoms with Crippen LogP contribution in [0, 0.1) is 0 Å². The Morgan fingerprint density at radius 1 is 1.23 bits per heavy atom. The van der Waals surface area contributed by atoms with Crippen LogP contribution >= 0.6 is 0 Å². The highest BCUT2D eigenvalue weighted by Gasteiger charge is 2.37. The second kappa shape index (κ2) is 5.66. The second-order valence-corrected chi connectivity index (χ2v) is 5.41. The second-order valence-electron chi connectivity index (χ2n) is 5.41. The summed E-state index contributed by atoms with van der Waals surface area (Å²) < 4.78 is 0. The van der Waals surface area contributed by atoms with Crippen LogP contribution in [0.5, 0.6) is 0 Å². The van der Waals surface area contributed by atoms with Crippen molar-refractivity contribution in [3.05, 3.63) is 11.9 Å². The molecular weight excluding hydrogens is 288 g/mol. The average Bonchev–Trinajstić information content (AvgIpc) is 2.86. The van der Waals surface area contributed by atoms with Crippen LogP contribution in [0.4, 0.5) is 5.95 Å². The van der Waals surface area contributed by atoms with Crippen LogP contribution < -0.4 is 10.6 Å². The van der Waals surface area contributed by atoms with Gasteiger partial charge in [0.25, 0.3) is 5.91 Å². The van der Waals surface area contributed by atoms with E-state index in [4.69, 9.17) is 5.73 Å². The van der Waals surface area contributed by atoms with E-state index >= 15 is 0 Å². The summed E-state index contributed by atoms with van der Waals surface area (Å²) in [5, 5.41) is 7.63. The van der Waals surface area contributed by atoms with Gasteiger partial charge in [0.2, 0.25) is 17.8 Å². The molecule has 2 aliphatic heterocycles. The zero-order valence-corrected chi connectivity index (χ0v) is 11.9. The highest BCUT2D eigenvalue weighted by atomic mass is 16.2. The Labute approximate surface area is 126 Å². The van der Waals surface area contributed by atoms with Gasteiger partial charge >= 0.3 is 0 Å². The Kier molecular flexibility index (Phi) is 3.70. The molecular formula is C13H16N6O3. The van der Waals surface area contributed by atoms with Gasteiger partial charge in [-0.05, 0) is 12.8 Å². The van der Waals surface area contributed by atoms with Crippen molar-refractivity contribution >= 4 is 23.7 Å². The number of carbonyl (C=O) groups is 3. The summed E-state index contributed by atoms with van der Waals surface area (Å²) >= 11 is 0. The van der Waals surface area contributed by atoms with Crippen molar-refractivity contribution in [3.63, 3.8) is 0 Å². The lowest BCUT2D eigenvalue weighted by Gasteiger charge is -2.36. The van der Waals surface area contributed by atoms with E-state index in [0.29, 0.717) is 31.9 Å². The van der Waals surface area contributed by atoms with Gasteiger partial charge in [-0.3, -0.25) is 19.3 Å². The topological polar surface area (TPSA) is 122 Å². The molecule has 22 heavy (non-hydrogen) atoms. The zero-order valence-electron chi connectivity index (χ0n) is 11.9. The molecule has 2 N–H and O–H groups in total. The number of carbonyl (C=O) groups excluding carboxylic acids is 3. The summed E-state index contributed by atoms with van der Waals surface area (Å²) in [6.07, 6.45) is 3.46. The average molecular weight is 304 g/mol. The first-order valence-corrected chi connectivity index (χ1v) is 7.15. The first-order chi connectivity index (χ1) is 10.6. The quantitative estimate of drug-likeness (QED) is 0.717. The normalized spacial score (nSPS) is 22.3. The number of hydrogen-bond acceptors (Lipinski definition) is 7. The molecule has 2 fully saturated rings. The maximum atomic E-state index is 11.8. The molecule has 3 amide bonds. The molecule has 0 aliphatic carbocycles. The lowest BCUT2D eigenvalue weighted by molar-refractivity contribution is -0.141. The summed E-state index contributed by atoms with van der Waals surface area (Å²) in [5.41, 5.74) is 5.10. The van der Waals surface area contributed by atoms with Crippen molar-refractivity contribution in [2.45, 2.75) is 31.7 Å². The van der Waals surface area contributed by atoms with Gasteiger partial charge in [0.15, 0.2) is 5.69 Å². The van der Waals surface area contributed by atoms with Gasteiger partial charge in [-0.1, -0.05) is 0 Å². The lowest BCUT2D eigenvalue weighted by atomic mass is 10.0. The fraction of sp³-hybridized carbons (Fsp3) is 0.538. The summed E-state index contributed by atoms with van der Waals surface area (Å²) in [5.74, 6) is -0.537. The minimum atomic E-state index is -0.684. The fourth-order valence-electron chi connectivity index (χ4n) is 2.88. The molecule has 9 heteroatoms. The van der Waals surface area contributed by atoms with E-state index < -0.39 is 5.91 Å². The number of primary amides is 1. The van der Waals surface area contributed by atoms with Crippen molar-refractivity contribution in [2.24, 2.45) is 5.73 Å². The molecule has 1 aromatic rings. The molecule has 0 unspecified atom stereocenters. The number of rotatable bonds is 3. The number of likely N-dealkylation sites (tertiary alicyclic amines) is 1. The third-order valence-electron chi connectivity index (χ3n) is 3.94. The fourth-order valence-corrected chi connectivity index (χ4v) is 2.88. The van der Waals surface area contributed by atoms with Crippen molar-refractivity contribution < 1.29 is 14.4 Å². The largest absolute Gasteiger partial charge is 0.364 e. The minimum Gasteiger partial charge on any atom is -0.364 e. The third-order valence-corrected chi connectivity index (χ3v) is 3.94. The summed E-state index contributed by atoms with van der Waals surface area (Å²) in [6.45, 7) is 1.19. The number of piperidine rings is 1. The van der Waals surface area contributed by atoms with E-state index in [9.17, 15) is 14.4 Å². The molecule has 0 aromatic carbocycles. The molecule has 9 nitrogen and oxygen atoms in total. The van der Waals surface area contributed by atoms with Crippen molar-refractivity contribution in [3.8, 4) is 0 Å². The number of nitrogens with two attached hydrogens (primary N) is 1. The van der Waals surface area contributed by atoms with Gasteiger partial charge < -0.3 is 10.6 Å². The van der Waals surface area contributed by atoms with Crippen molar-refractivity contribution in [1.29, 1.82) is 0 Å². The first-order valence-electron chi connectivity index (χ1n) is 7.15. The maximum Gasteiger partial charge on any atom is 0.270 e. The smallest absolute Gasteiger partial charge is 0.270 e. The monoisotopic (exact) mass is 304 g/mol. The van der Waals surface area contributed by atoms with Crippen LogP contribution in [0.25, 0.3) is 0 Å². The van der Waals surface area contributed by atoms with Gasteiger partial charge in [0, 0.05) is 25.9 Å². The summed E-state index contributed by atoms with van der Waals surface area (Å²) in [6, 6.07) is -0.157. The number of anilines is 1. The highest BCUT2D eigenvalue weighted by molar-refractivity contribution is 6.02. The Hall–Kier alpha value is -2.58. The van der Waals surface area contributed by atoms with Crippen LogP contribution in [0.15, 0.2) is 6.20 Å². The Morgan fingerprint density at radius 3 is 2.55 bits per heavy atom. The van der Waals surface area contributed by atoms with E-state index in [2.05, 4.69) is 15.2 Å². The predicted octanol–water partition coefficient (Wildman–Crippen LogP) is -0.912. The van der Waals surface area contributed by atoms with Crippen LogP contribution in [0.2, 0.25) is 0 Å². The predicted molar refractivity (Wildman–Crippen MR) is 74.7 cm³/mol. The Morgan fingerprint density at radius 2 is 1.95 bits per heavy atom. The molecule has 1 aromatic heterocycles. The SMILES string of the molecule is NC(=O)c1cnc(N2CCC[C@@H](N3C(=O)CCC3=O)C2)nn1. The number of amides is 3. The maximum absolute atomic E-state index is 11.8. The van der Waals surface area contributed by atoms with Gasteiger partial charge in [0.1, 0.15) is 0 Å². The van der Waals surface area contributed by atoms with Gasteiger partial charge in [-0.2, -0.15) is 0 Å². The molecule has 116 valence electrons. The summed E-state index contributed by atoms with van der Waals surface area (Å²) in [7, 11) is 0. The van der Waals surface area contributed by atoms with Crippen molar-refractivity contribution in [2.75, 3.05) is 18.0 Å². The van der Waals surface area contributed by atoms with Crippen LogP contribution in [0.1, 0.15) is 36.2 Å². The number of nitrogens with zero attached hydrogens (tertiary/aromatic N) is 5. The minimum absolute atomic E-state index is 0.00204. The highest BCUT2D eigenvalue weighted by Crippen LogP contribution is 2.24. The molecule has 1 atom stereocenters.